The Morgan fingerprint density at radius 2 is 1.85 bits per heavy atom. The van der Waals surface area contributed by atoms with E-state index >= 15 is 0 Å². The molecule has 0 saturated carbocycles. The summed E-state index contributed by atoms with van der Waals surface area (Å²) in [5.74, 6) is -0.540. The summed E-state index contributed by atoms with van der Waals surface area (Å²) in [6.45, 7) is 3.89. The van der Waals surface area contributed by atoms with Crippen molar-refractivity contribution >= 4 is 28.5 Å². The number of anilines is 1. The van der Waals surface area contributed by atoms with Gasteiger partial charge in [-0.2, -0.15) is 0 Å². The molecule has 5 nitrogen and oxygen atoms in total. The molecule has 0 aliphatic carbocycles. The number of nitrogens with one attached hydrogen (secondary N) is 2. The van der Waals surface area contributed by atoms with Crippen LogP contribution in [0.25, 0.3) is 10.9 Å². The summed E-state index contributed by atoms with van der Waals surface area (Å²) < 4.78 is 5.18. The van der Waals surface area contributed by atoms with E-state index in [4.69, 9.17) is 4.74 Å². The SMILES string of the molecule is CC[C@@H](C)c1ccccc1NC(=O)COC(=O)c1c[nH]c2ccccc12. The predicted octanol–water partition coefficient (Wildman–Crippen LogP) is 4.48. The van der Waals surface area contributed by atoms with Gasteiger partial charge < -0.3 is 15.0 Å². The highest BCUT2D eigenvalue weighted by molar-refractivity contribution is 6.05. The lowest BCUT2D eigenvalue weighted by Crippen LogP contribution is -2.21. The van der Waals surface area contributed by atoms with Gasteiger partial charge in [-0.05, 0) is 30.0 Å². The van der Waals surface area contributed by atoms with Gasteiger partial charge >= 0.3 is 5.97 Å². The molecule has 2 aromatic carbocycles. The Kier molecular flexibility index (Phi) is 5.37. The lowest BCUT2D eigenvalue weighted by Gasteiger charge is -2.15. The average Bonchev–Trinajstić information content (AvgIpc) is 3.10. The van der Waals surface area contributed by atoms with Gasteiger partial charge in [0.05, 0.1) is 5.56 Å². The largest absolute Gasteiger partial charge is 0.452 e. The summed E-state index contributed by atoms with van der Waals surface area (Å²) in [4.78, 5) is 27.5. The van der Waals surface area contributed by atoms with Gasteiger partial charge in [0, 0.05) is 22.8 Å². The Morgan fingerprint density at radius 1 is 1.12 bits per heavy atom. The Labute approximate surface area is 152 Å². The minimum Gasteiger partial charge on any atom is -0.452 e. The minimum atomic E-state index is -0.521. The highest BCUT2D eigenvalue weighted by Crippen LogP contribution is 2.26. The number of hydrogen-bond acceptors (Lipinski definition) is 3. The second-order valence-electron chi connectivity index (χ2n) is 6.27. The standard InChI is InChI=1S/C21H22N2O3/c1-3-14(2)15-8-4-7-11-19(15)23-20(24)13-26-21(25)17-12-22-18-10-6-5-9-16(17)18/h4-12,14,22H,3,13H2,1-2H3,(H,23,24)/t14-/m1/s1. The van der Waals surface area contributed by atoms with Crippen LogP contribution < -0.4 is 5.32 Å². The molecule has 0 unspecified atom stereocenters. The van der Waals surface area contributed by atoms with Crippen molar-refractivity contribution in [3.8, 4) is 0 Å². The van der Waals surface area contributed by atoms with Crippen molar-refractivity contribution in [1.82, 2.24) is 4.98 Å². The van der Waals surface area contributed by atoms with Crippen molar-refractivity contribution in [2.75, 3.05) is 11.9 Å². The number of esters is 1. The van der Waals surface area contributed by atoms with E-state index in [2.05, 4.69) is 24.1 Å². The molecule has 0 aliphatic heterocycles. The number of fused-ring (bicyclic) bond motifs is 1. The van der Waals surface area contributed by atoms with E-state index in [0.717, 1.165) is 28.6 Å². The van der Waals surface area contributed by atoms with Crippen LogP contribution in [0, 0.1) is 0 Å². The van der Waals surface area contributed by atoms with E-state index in [1.165, 1.54) is 0 Å². The van der Waals surface area contributed by atoms with Crippen LogP contribution in [-0.4, -0.2) is 23.5 Å². The molecule has 0 spiro atoms. The van der Waals surface area contributed by atoms with Crippen molar-refractivity contribution in [1.29, 1.82) is 0 Å². The summed E-state index contributed by atoms with van der Waals surface area (Å²) in [6.07, 6.45) is 2.57. The van der Waals surface area contributed by atoms with Gasteiger partial charge in [-0.15, -0.1) is 0 Å². The van der Waals surface area contributed by atoms with Crippen LogP contribution in [0.2, 0.25) is 0 Å². The summed E-state index contributed by atoms with van der Waals surface area (Å²) in [7, 11) is 0. The summed E-state index contributed by atoms with van der Waals surface area (Å²) in [5, 5.41) is 3.62. The quantitative estimate of drug-likeness (QED) is 0.644. The minimum absolute atomic E-state index is 0.326. The summed E-state index contributed by atoms with van der Waals surface area (Å²) in [6, 6.07) is 15.1. The molecule has 1 heterocycles. The number of aromatic amines is 1. The number of amides is 1. The molecule has 1 aromatic heterocycles. The van der Waals surface area contributed by atoms with Crippen molar-refractivity contribution < 1.29 is 14.3 Å². The average molecular weight is 350 g/mol. The molecule has 134 valence electrons. The van der Waals surface area contributed by atoms with Crippen LogP contribution in [0.3, 0.4) is 0 Å². The molecule has 0 saturated heterocycles. The molecule has 2 N–H and O–H groups in total. The molecule has 3 aromatic rings. The van der Waals surface area contributed by atoms with Gasteiger partial charge in [0.25, 0.3) is 5.91 Å². The molecule has 0 fully saturated rings. The first-order valence-corrected chi connectivity index (χ1v) is 8.72. The predicted molar refractivity (Wildman–Crippen MR) is 102 cm³/mol. The van der Waals surface area contributed by atoms with E-state index in [9.17, 15) is 9.59 Å². The molecule has 0 aliphatic rings. The Balaban J connectivity index is 1.64. The fourth-order valence-electron chi connectivity index (χ4n) is 2.90. The second kappa shape index (κ2) is 7.87. The lowest BCUT2D eigenvalue weighted by molar-refractivity contribution is -0.119. The van der Waals surface area contributed by atoms with Gasteiger partial charge in [0.1, 0.15) is 0 Å². The fraction of sp³-hybridized carbons (Fsp3) is 0.238. The number of carbonyl (C=O) groups is 2. The van der Waals surface area contributed by atoms with Crippen LogP contribution >= 0.6 is 0 Å². The van der Waals surface area contributed by atoms with Crippen LogP contribution in [0.1, 0.15) is 42.1 Å². The molecule has 3 rings (SSSR count). The summed E-state index contributed by atoms with van der Waals surface area (Å²) >= 11 is 0. The molecule has 26 heavy (non-hydrogen) atoms. The monoisotopic (exact) mass is 350 g/mol. The van der Waals surface area contributed by atoms with E-state index in [0.29, 0.717) is 11.5 Å². The van der Waals surface area contributed by atoms with Crippen molar-refractivity contribution in [3.63, 3.8) is 0 Å². The Bertz CT molecular complexity index is 930. The molecule has 1 amide bonds. The zero-order chi connectivity index (χ0) is 18.5. The molecular formula is C21H22N2O3. The third-order valence-corrected chi connectivity index (χ3v) is 4.52. The van der Waals surface area contributed by atoms with Gasteiger partial charge in [0.2, 0.25) is 0 Å². The third kappa shape index (κ3) is 3.77. The molecule has 0 bridgehead atoms. The van der Waals surface area contributed by atoms with Crippen LogP contribution in [0.15, 0.2) is 54.7 Å². The number of H-pyrrole nitrogens is 1. The number of para-hydroxylation sites is 2. The van der Waals surface area contributed by atoms with Crippen molar-refractivity contribution in [3.05, 3.63) is 65.9 Å². The van der Waals surface area contributed by atoms with E-state index in [-0.39, 0.29) is 12.5 Å². The Hall–Kier alpha value is -3.08. The van der Waals surface area contributed by atoms with E-state index in [1.54, 1.807) is 6.20 Å². The Morgan fingerprint density at radius 3 is 2.65 bits per heavy atom. The van der Waals surface area contributed by atoms with E-state index in [1.807, 2.05) is 48.5 Å². The lowest BCUT2D eigenvalue weighted by atomic mass is 9.97. The number of benzene rings is 2. The third-order valence-electron chi connectivity index (χ3n) is 4.52. The van der Waals surface area contributed by atoms with Crippen LogP contribution in [-0.2, 0) is 9.53 Å². The highest BCUT2D eigenvalue weighted by atomic mass is 16.5. The number of aromatic nitrogens is 1. The zero-order valence-corrected chi connectivity index (χ0v) is 14.9. The number of carbonyl (C=O) groups excluding carboxylic acids is 2. The summed E-state index contributed by atoms with van der Waals surface area (Å²) in [5.41, 5.74) is 3.11. The first-order valence-electron chi connectivity index (χ1n) is 8.72. The maximum atomic E-state index is 12.3. The second-order valence-corrected chi connectivity index (χ2v) is 6.27. The first-order chi connectivity index (χ1) is 12.6. The molecule has 1 atom stereocenters. The number of ether oxygens (including phenoxy) is 1. The van der Waals surface area contributed by atoms with Crippen LogP contribution in [0.4, 0.5) is 5.69 Å². The zero-order valence-electron chi connectivity index (χ0n) is 14.9. The van der Waals surface area contributed by atoms with Gasteiger partial charge in [-0.3, -0.25) is 4.79 Å². The molecule has 5 heteroatoms. The van der Waals surface area contributed by atoms with Gasteiger partial charge in [0.15, 0.2) is 6.61 Å². The van der Waals surface area contributed by atoms with Crippen LogP contribution in [0.5, 0.6) is 0 Å². The first kappa shape index (κ1) is 17.7. The highest BCUT2D eigenvalue weighted by Gasteiger charge is 2.16. The topological polar surface area (TPSA) is 71.2 Å². The molecular weight excluding hydrogens is 328 g/mol. The number of rotatable bonds is 6. The molecule has 0 radical (unpaired) electrons. The smallest absolute Gasteiger partial charge is 0.340 e. The maximum absolute atomic E-state index is 12.3. The fourth-order valence-corrected chi connectivity index (χ4v) is 2.90. The number of hydrogen-bond donors (Lipinski definition) is 2. The van der Waals surface area contributed by atoms with Gasteiger partial charge in [-0.25, -0.2) is 4.79 Å². The normalized spacial score (nSPS) is 11.9. The van der Waals surface area contributed by atoms with E-state index < -0.39 is 5.97 Å². The maximum Gasteiger partial charge on any atom is 0.340 e. The van der Waals surface area contributed by atoms with Crippen molar-refractivity contribution in [2.45, 2.75) is 26.2 Å². The van der Waals surface area contributed by atoms with Crippen molar-refractivity contribution in [2.24, 2.45) is 0 Å². The van der Waals surface area contributed by atoms with Gasteiger partial charge in [-0.1, -0.05) is 50.2 Å².